The number of nitrogens with zero attached hydrogens (tertiary/aromatic N) is 2. The zero-order valence-corrected chi connectivity index (χ0v) is 27.7. The second kappa shape index (κ2) is 13.8. The van der Waals surface area contributed by atoms with E-state index in [0.29, 0.717) is 29.8 Å². The maximum absolute atomic E-state index is 14.5. The van der Waals surface area contributed by atoms with Crippen LogP contribution in [0.15, 0.2) is 30.5 Å². The zero-order valence-electron chi connectivity index (χ0n) is 26.9. The highest BCUT2D eigenvalue weighted by Crippen LogP contribution is 2.51. The van der Waals surface area contributed by atoms with Gasteiger partial charge in [0.15, 0.2) is 0 Å². The number of ether oxygens (including phenoxy) is 4. The molecule has 1 amide bonds. The van der Waals surface area contributed by atoms with Crippen LogP contribution in [0.3, 0.4) is 0 Å². The van der Waals surface area contributed by atoms with E-state index in [1.165, 1.54) is 12.0 Å². The van der Waals surface area contributed by atoms with Crippen LogP contribution in [-0.2, 0) is 30.4 Å². The number of carbonyl (C=O) groups is 2. The first-order valence-electron chi connectivity index (χ1n) is 16.1. The smallest absolute Gasteiger partial charge is 0.329 e. The molecule has 3 fully saturated rings. The second-order valence-electron chi connectivity index (χ2n) is 13.5. The van der Waals surface area contributed by atoms with E-state index in [4.69, 9.17) is 30.5 Å². The highest BCUT2D eigenvalue weighted by molar-refractivity contribution is 6.30. The lowest BCUT2D eigenvalue weighted by Crippen LogP contribution is -2.51. The fraction of sp³-hybridized carbons (Fsp3) is 0.629. The van der Waals surface area contributed by atoms with Gasteiger partial charge in [0.25, 0.3) is 5.91 Å². The summed E-state index contributed by atoms with van der Waals surface area (Å²) >= 11 is 6.59. The summed E-state index contributed by atoms with van der Waals surface area (Å²) in [7, 11) is 1.61. The van der Waals surface area contributed by atoms with E-state index >= 15 is 0 Å². The van der Waals surface area contributed by atoms with E-state index in [1.54, 1.807) is 18.9 Å². The van der Waals surface area contributed by atoms with Crippen LogP contribution in [-0.4, -0.2) is 60.3 Å². The number of amides is 1. The SMILES string of the molecule is CCOC(=O)[C@@H]1[C@@H](C(C)(C)C)[C@H](OCc2cc(C3CCC3)cnc2OC)[C@H](c2cc(Cl)ccc2C)N1C(=O)[C@@H]1CCCCO1. The van der Waals surface area contributed by atoms with Crippen LogP contribution in [0.1, 0.15) is 100 Å². The number of hydrogen-bond donors (Lipinski definition) is 0. The summed E-state index contributed by atoms with van der Waals surface area (Å²) in [4.78, 5) is 34.8. The Kier molecular flexibility index (Phi) is 10.2. The Hall–Kier alpha value is -2.68. The molecule has 8 nitrogen and oxygen atoms in total. The molecular formula is C35H47ClN2O6. The van der Waals surface area contributed by atoms with Crippen molar-refractivity contribution in [3.63, 3.8) is 0 Å². The molecule has 240 valence electrons. The fourth-order valence-electron chi connectivity index (χ4n) is 7.12. The first kappa shape index (κ1) is 32.7. The van der Waals surface area contributed by atoms with Gasteiger partial charge in [0, 0.05) is 29.3 Å². The number of aromatic nitrogens is 1. The number of likely N-dealkylation sites (tertiary alicyclic amines) is 1. The third-order valence-corrected chi connectivity index (χ3v) is 9.79. The molecule has 2 aromatic rings. The normalized spacial score (nSPS) is 25.9. The number of benzene rings is 1. The summed E-state index contributed by atoms with van der Waals surface area (Å²) in [6.07, 6.45) is 6.64. The average Bonchev–Trinajstić information content (AvgIpc) is 3.32. The maximum atomic E-state index is 14.5. The van der Waals surface area contributed by atoms with Crippen molar-refractivity contribution in [2.45, 2.75) is 110 Å². The van der Waals surface area contributed by atoms with Crippen LogP contribution in [0.5, 0.6) is 5.88 Å². The van der Waals surface area contributed by atoms with Gasteiger partial charge in [-0.1, -0.05) is 44.9 Å². The predicted molar refractivity (Wildman–Crippen MR) is 169 cm³/mol. The lowest BCUT2D eigenvalue weighted by Gasteiger charge is -2.36. The molecule has 3 heterocycles. The van der Waals surface area contributed by atoms with Gasteiger partial charge in [-0.2, -0.15) is 0 Å². The summed E-state index contributed by atoms with van der Waals surface area (Å²) in [5, 5.41) is 0.552. The predicted octanol–water partition coefficient (Wildman–Crippen LogP) is 6.95. The Morgan fingerprint density at radius 1 is 1.11 bits per heavy atom. The molecule has 0 radical (unpaired) electrons. The van der Waals surface area contributed by atoms with Crippen molar-refractivity contribution in [1.82, 2.24) is 9.88 Å². The number of hydrogen-bond acceptors (Lipinski definition) is 7. The van der Waals surface area contributed by atoms with Crippen LogP contribution in [0, 0.1) is 18.3 Å². The summed E-state index contributed by atoms with van der Waals surface area (Å²) in [5.74, 6) is -0.0255. The van der Waals surface area contributed by atoms with Gasteiger partial charge in [-0.15, -0.1) is 0 Å². The number of aryl methyl sites for hydroxylation is 1. The van der Waals surface area contributed by atoms with Gasteiger partial charge in [-0.25, -0.2) is 9.78 Å². The molecule has 5 rings (SSSR count). The van der Waals surface area contributed by atoms with Crippen molar-refractivity contribution in [3.8, 4) is 5.88 Å². The van der Waals surface area contributed by atoms with E-state index < -0.39 is 41.6 Å². The molecule has 2 aliphatic heterocycles. The molecule has 0 spiro atoms. The van der Waals surface area contributed by atoms with E-state index in [-0.39, 0.29) is 19.1 Å². The number of esters is 1. The van der Waals surface area contributed by atoms with Crippen molar-refractivity contribution in [2.75, 3.05) is 20.3 Å². The number of methoxy groups -OCH3 is 1. The first-order valence-corrected chi connectivity index (χ1v) is 16.4. The third kappa shape index (κ3) is 6.63. The van der Waals surface area contributed by atoms with Crippen LogP contribution in [0.4, 0.5) is 0 Å². The molecule has 2 saturated heterocycles. The second-order valence-corrected chi connectivity index (χ2v) is 13.9. The lowest BCUT2D eigenvalue weighted by atomic mass is 9.73. The van der Waals surface area contributed by atoms with Gasteiger partial charge >= 0.3 is 5.97 Å². The van der Waals surface area contributed by atoms with Crippen molar-refractivity contribution in [3.05, 3.63) is 57.7 Å². The maximum Gasteiger partial charge on any atom is 0.329 e. The standard InChI is InChI=1S/C35H47ClN2O6/c1-7-42-34(40)30-28(35(3,4)5)31(44-20-24-17-23(22-11-10-12-22)19-37-32(24)41-6)29(26-18-25(36)15-14-21(26)2)38(30)33(39)27-13-8-9-16-43-27/h14-15,17-19,22,27-31H,7-13,16,20H2,1-6H3/t27-,28+,29-,30-,31-/m0/s1. The highest BCUT2D eigenvalue weighted by atomic mass is 35.5. The van der Waals surface area contributed by atoms with Crippen molar-refractivity contribution < 1.29 is 28.5 Å². The van der Waals surface area contributed by atoms with Gasteiger partial charge in [0.05, 0.1) is 32.5 Å². The number of pyridine rings is 1. The molecule has 3 aliphatic rings. The van der Waals surface area contributed by atoms with Gasteiger partial charge in [-0.05, 0) is 92.2 Å². The number of halogens is 1. The summed E-state index contributed by atoms with van der Waals surface area (Å²) in [6.45, 7) is 11.0. The fourth-order valence-corrected chi connectivity index (χ4v) is 7.30. The minimum Gasteiger partial charge on any atom is -0.481 e. The van der Waals surface area contributed by atoms with Gasteiger partial charge < -0.3 is 23.8 Å². The molecule has 1 aromatic heterocycles. The largest absolute Gasteiger partial charge is 0.481 e. The van der Waals surface area contributed by atoms with Crippen LogP contribution >= 0.6 is 11.6 Å². The minimum atomic E-state index is -0.873. The molecule has 9 heteroatoms. The zero-order chi connectivity index (χ0) is 31.6. The molecule has 0 N–H and O–H groups in total. The van der Waals surface area contributed by atoms with Gasteiger partial charge in [0.2, 0.25) is 5.88 Å². The molecule has 44 heavy (non-hydrogen) atoms. The summed E-state index contributed by atoms with van der Waals surface area (Å²) < 4.78 is 24.3. The van der Waals surface area contributed by atoms with Gasteiger partial charge in [0.1, 0.15) is 12.1 Å². The van der Waals surface area contributed by atoms with Crippen molar-refractivity contribution in [2.24, 2.45) is 11.3 Å². The lowest BCUT2D eigenvalue weighted by molar-refractivity contribution is -0.162. The average molecular weight is 627 g/mol. The van der Waals surface area contributed by atoms with E-state index in [0.717, 1.165) is 42.4 Å². The summed E-state index contributed by atoms with van der Waals surface area (Å²) in [5.41, 5.74) is 3.40. The molecule has 0 unspecified atom stereocenters. The first-order chi connectivity index (χ1) is 21.0. The Morgan fingerprint density at radius 3 is 2.50 bits per heavy atom. The molecule has 0 bridgehead atoms. The third-order valence-electron chi connectivity index (χ3n) is 9.55. The Morgan fingerprint density at radius 2 is 1.89 bits per heavy atom. The minimum absolute atomic E-state index is 0.206. The highest BCUT2D eigenvalue weighted by Gasteiger charge is 2.60. The Bertz CT molecular complexity index is 1330. The monoisotopic (exact) mass is 626 g/mol. The van der Waals surface area contributed by atoms with Crippen LogP contribution in [0.2, 0.25) is 5.02 Å². The Labute approximate surface area is 266 Å². The quantitative estimate of drug-likeness (QED) is 0.278. The molecular weight excluding hydrogens is 580 g/mol. The Balaban J connectivity index is 1.63. The number of rotatable bonds is 9. The van der Waals surface area contributed by atoms with E-state index in [1.807, 2.05) is 31.3 Å². The topological polar surface area (TPSA) is 87.2 Å². The van der Waals surface area contributed by atoms with Crippen LogP contribution in [0.25, 0.3) is 0 Å². The molecule has 1 aliphatic carbocycles. The van der Waals surface area contributed by atoms with E-state index in [9.17, 15) is 9.59 Å². The van der Waals surface area contributed by atoms with Crippen LogP contribution < -0.4 is 4.74 Å². The molecule has 1 aromatic carbocycles. The van der Waals surface area contributed by atoms with Crippen molar-refractivity contribution >= 4 is 23.5 Å². The summed E-state index contributed by atoms with van der Waals surface area (Å²) in [6, 6.07) is 6.35. The van der Waals surface area contributed by atoms with E-state index in [2.05, 4.69) is 31.8 Å². The number of carbonyl (C=O) groups excluding carboxylic acids is 2. The molecule has 5 atom stereocenters. The van der Waals surface area contributed by atoms with Gasteiger partial charge in [-0.3, -0.25) is 4.79 Å². The molecule has 1 saturated carbocycles. The van der Waals surface area contributed by atoms with Crippen molar-refractivity contribution in [1.29, 1.82) is 0 Å².